The van der Waals surface area contributed by atoms with Crippen LogP contribution in [0.1, 0.15) is 30.2 Å². The fourth-order valence-corrected chi connectivity index (χ4v) is 4.98. The Hall–Kier alpha value is -2.28. The molecule has 0 N–H and O–H groups in total. The van der Waals surface area contributed by atoms with Gasteiger partial charge in [0.05, 0.1) is 24.3 Å². The molecule has 1 aromatic carbocycles. The highest BCUT2D eigenvalue weighted by Crippen LogP contribution is 2.23. The fourth-order valence-electron chi connectivity index (χ4n) is 3.25. The lowest BCUT2D eigenvalue weighted by atomic mass is 10.1. The SMILES string of the molecule is Cc1ccc(O[C@H](C)C(=O)N(Cc2ccco2)[C@H]2CCS(=O)(=O)C2)cc1C. The van der Waals surface area contributed by atoms with E-state index in [0.29, 0.717) is 17.9 Å². The third-order valence-corrected chi connectivity index (χ3v) is 6.73. The minimum absolute atomic E-state index is 0.0180. The van der Waals surface area contributed by atoms with E-state index in [1.165, 1.54) is 0 Å². The van der Waals surface area contributed by atoms with Crippen LogP contribution in [0, 0.1) is 13.8 Å². The van der Waals surface area contributed by atoms with Crippen molar-refractivity contribution >= 4 is 15.7 Å². The van der Waals surface area contributed by atoms with Crippen LogP contribution in [0.2, 0.25) is 0 Å². The van der Waals surface area contributed by atoms with Gasteiger partial charge >= 0.3 is 0 Å². The third-order valence-electron chi connectivity index (χ3n) is 4.98. The maximum absolute atomic E-state index is 13.1. The summed E-state index contributed by atoms with van der Waals surface area (Å²) in [5, 5.41) is 0. The number of hydrogen-bond donors (Lipinski definition) is 0. The Kier molecular flexibility index (Phi) is 5.60. The van der Waals surface area contributed by atoms with E-state index < -0.39 is 15.9 Å². The molecule has 1 saturated heterocycles. The first-order valence-electron chi connectivity index (χ1n) is 9.02. The van der Waals surface area contributed by atoms with Crippen LogP contribution >= 0.6 is 0 Å². The van der Waals surface area contributed by atoms with Gasteiger partial charge in [-0.3, -0.25) is 4.79 Å². The van der Waals surface area contributed by atoms with Crippen molar-refractivity contribution in [2.75, 3.05) is 11.5 Å². The predicted octanol–water partition coefficient (Wildman–Crippen LogP) is 2.88. The highest BCUT2D eigenvalue weighted by Gasteiger charge is 2.37. The number of ether oxygens (including phenoxy) is 1. The van der Waals surface area contributed by atoms with E-state index in [0.717, 1.165) is 11.1 Å². The van der Waals surface area contributed by atoms with Crippen LogP contribution in [-0.4, -0.2) is 42.9 Å². The number of rotatable bonds is 6. The number of carbonyl (C=O) groups excluding carboxylic acids is 1. The second kappa shape index (κ2) is 7.76. The quantitative estimate of drug-likeness (QED) is 0.757. The van der Waals surface area contributed by atoms with Crippen molar-refractivity contribution in [1.29, 1.82) is 0 Å². The van der Waals surface area contributed by atoms with E-state index in [1.54, 1.807) is 30.2 Å². The molecule has 2 aromatic rings. The molecule has 0 aliphatic carbocycles. The first kappa shape index (κ1) is 19.5. The van der Waals surface area contributed by atoms with Crippen molar-refractivity contribution in [2.45, 2.75) is 45.9 Å². The highest BCUT2D eigenvalue weighted by atomic mass is 32.2. The molecule has 0 bridgehead atoms. The van der Waals surface area contributed by atoms with Gasteiger partial charge in [0.15, 0.2) is 15.9 Å². The lowest BCUT2D eigenvalue weighted by Crippen LogP contribution is -2.46. The van der Waals surface area contributed by atoms with Gasteiger partial charge in [0.1, 0.15) is 11.5 Å². The van der Waals surface area contributed by atoms with Crippen LogP contribution in [0.25, 0.3) is 0 Å². The summed E-state index contributed by atoms with van der Waals surface area (Å²) in [5.74, 6) is 1.08. The molecule has 146 valence electrons. The summed E-state index contributed by atoms with van der Waals surface area (Å²) >= 11 is 0. The molecule has 0 radical (unpaired) electrons. The van der Waals surface area contributed by atoms with Crippen LogP contribution in [0.4, 0.5) is 0 Å². The number of benzene rings is 1. The van der Waals surface area contributed by atoms with Gasteiger partial charge < -0.3 is 14.1 Å². The number of sulfone groups is 1. The first-order chi connectivity index (χ1) is 12.7. The molecule has 1 aliphatic rings. The molecule has 0 spiro atoms. The summed E-state index contributed by atoms with van der Waals surface area (Å²) in [6, 6.07) is 8.85. The number of aryl methyl sites for hydroxylation is 2. The average molecular weight is 391 g/mol. The van der Waals surface area contributed by atoms with Gasteiger partial charge in [0, 0.05) is 6.04 Å². The van der Waals surface area contributed by atoms with E-state index in [9.17, 15) is 13.2 Å². The summed E-state index contributed by atoms with van der Waals surface area (Å²) in [5.41, 5.74) is 2.23. The summed E-state index contributed by atoms with van der Waals surface area (Å²) in [7, 11) is -3.11. The van der Waals surface area contributed by atoms with Crippen LogP contribution in [-0.2, 0) is 21.2 Å². The summed E-state index contributed by atoms with van der Waals surface area (Å²) in [6.07, 6.45) is 1.24. The van der Waals surface area contributed by atoms with Crippen LogP contribution in [0.15, 0.2) is 41.0 Å². The number of amides is 1. The van der Waals surface area contributed by atoms with Crippen LogP contribution in [0.5, 0.6) is 5.75 Å². The van der Waals surface area contributed by atoms with Crippen molar-refractivity contribution in [2.24, 2.45) is 0 Å². The molecule has 2 heterocycles. The van der Waals surface area contributed by atoms with Crippen LogP contribution < -0.4 is 4.74 Å². The molecule has 7 heteroatoms. The fraction of sp³-hybridized carbons (Fsp3) is 0.450. The Bertz CT molecular complexity index is 904. The maximum Gasteiger partial charge on any atom is 0.264 e. The lowest BCUT2D eigenvalue weighted by molar-refractivity contribution is -0.140. The van der Waals surface area contributed by atoms with Crippen molar-refractivity contribution in [3.05, 3.63) is 53.5 Å². The lowest BCUT2D eigenvalue weighted by Gasteiger charge is -2.30. The molecule has 1 amide bonds. The molecular weight excluding hydrogens is 366 g/mol. The number of carbonyl (C=O) groups is 1. The molecule has 1 fully saturated rings. The second-order valence-corrected chi connectivity index (χ2v) is 9.34. The van der Waals surface area contributed by atoms with Crippen molar-refractivity contribution < 1.29 is 22.4 Å². The highest BCUT2D eigenvalue weighted by molar-refractivity contribution is 7.91. The number of nitrogens with zero attached hydrogens (tertiary/aromatic N) is 1. The Balaban J connectivity index is 1.77. The van der Waals surface area contributed by atoms with Gasteiger partial charge in [0.25, 0.3) is 5.91 Å². The standard InChI is InChI=1S/C20H25NO5S/c1-14-6-7-18(11-15(14)2)26-16(3)20(22)21(12-19-5-4-9-25-19)17-8-10-27(23,24)13-17/h4-7,9,11,16-17H,8,10,12-13H2,1-3H3/t16-,17+/m1/s1. The molecule has 3 rings (SSSR count). The summed E-state index contributed by atoms with van der Waals surface area (Å²) < 4.78 is 35.0. The van der Waals surface area contributed by atoms with Gasteiger partial charge in [-0.2, -0.15) is 0 Å². The molecule has 0 saturated carbocycles. The van der Waals surface area contributed by atoms with Crippen molar-refractivity contribution in [3.8, 4) is 5.75 Å². The number of furan rings is 1. The predicted molar refractivity (Wildman–Crippen MR) is 102 cm³/mol. The van der Waals surface area contributed by atoms with Gasteiger partial charge in [-0.1, -0.05) is 6.07 Å². The third kappa shape index (κ3) is 4.71. The largest absolute Gasteiger partial charge is 0.481 e. The Morgan fingerprint density at radius 3 is 2.67 bits per heavy atom. The smallest absolute Gasteiger partial charge is 0.264 e. The number of hydrogen-bond acceptors (Lipinski definition) is 5. The zero-order chi connectivity index (χ0) is 19.6. The van der Waals surface area contributed by atoms with Crippen molar-refractivity contribution in [1.82, 2.24) is 4.90 Å². The van der Waals surface area contributed by atoms with E-state index in [-0.39, 0.29) is 30.0 Å². The van der Waals surface area contributed by atoms with Gasteiger partial charge in [-0.15, -0.1) is 0 Å². The second-order valence-electron chi connectivity index (χ2n) is 7.11. The van der Waals surface area contributed by atoms with Crippen molar-refractivity contribution in [3.63, 3.8) is 0 Å². The Labute approximate surface area is 160 Å². The summed E-state index contributed by atoms with van der Waals surface area (Å²) in [6.45, 7) is 5.92. The molecule has 27 heavy (non-hydrogen) atoms. The van der Waals surface area contributed by atoms with E-state index in [2.05, 4.69) is 0 Å². The average Bonchev–Trinajstić information content (AvgIpc) is 3.24. The van der Waals surface area contributed by atoms with E-state index in [4.69, 9.17) is 9.15 Å². The molecule has 0 unspecified atom stereocenters. The zero-order valence-corrected chi connectivity index (χ0v) is 16.7. The topological polar surface area (TPSA) is 76.8 Å². The van der Waals surface area contributed by atoms with E-state index in [1.807, 2.05) is 32.0 Å². The summed E-state index contributed by atoms with van der Waals surface area (Å²) in [4.78, 5) is 14.7. The molecule has 2 atom stereocenters. The van der Waals surface area contributed by atoms with Gasteiger partial charge in [-0.25, -0.2) is 8.42 Å². The molecule has 6 nitrogen and oxygen atoms in total. The maximum atomic E-state index is 13.1. The molecule has 1 aliphatic heterocycles. The van der Waals surface area contributed by atoms with Gasteiger partial charge in [0.2, 0.25) is 0 Å². The van der Waals surface area contributed by atoms with E-state index >= 15 is 0 Å². The Morgan fingerprint density at radius 2 is 2.07 bits per heavy atom. The molecular formula is C20H25NO5S. The first-order valence-corrected chi connectivity index (χ1v) is 10.8. The molecule has 1 aromatic heterocycles. The minimum atomic E-state index is -3.11. The van der Waals surface area contributed by atoms with Crippen LogP contribution in [0.3, 0.4) is 0 Å². The normalized spacial score (nSPS) is 19.6. The Morgan fingerprint density at radius 1 is 1.30 bits per heavy atom. The van der Waals surface area contributed by atoms with Gasteiger partial charge in [-0.05, 0) is 62.6 Å². The minimum Gasteiger partial charge on any atom is -0.481 e. The zero-order valence-electron chi connectivity index (χ0n) is 15.8. The monoisotopic (exact) mass is 391 g/mol.